The molecule has 1 aromatic rings. The van der Waals surface area contributed by atoms with E-state index in [9.17, 15) is 9.59 Å². The second-order valence-electron chi connectivity index (χ2n) is 7.74. The van der Waals surface area contributed by atoms with Crippen molar-refractivity contribution in [3.63, 3.8) is 0 Å². The normalized spacial score (nSPS) is 18.0. The van der Waals surface area contributed by atoms with Crippen LogP contribution < -0.4 is 10.6 Å². The molecule has 4 N–H and O–H groups in total. The number of hydrogen-bond donors (Lipinski definition) is 4. The molecule has 150 valence electrons. The Kier molecular flexibility index (Phi) is 7.93. The van der Waals surface area contributed by atoms with Crippen LogP contribution in [0, 0.1) is 16.7 Å². The molecule has 1 aliphatic heterocycles. The van der Waals surface area contributed by atoms with Crippen LogP contribution in [-0.2, 0) is 20.7 Å². The van der Waals surface area contributed by atoms with Gasteiger partial charge >= 0.3 is 6.92 Å². The van der Waals surface area contributed by atoms with E-state index in [2.05, 4.69) is 24.5 Å². The number of benzene rings is 1. The Bertz CT molecular complexity index is 705. The van der Waals surface area contributed by atoms with Crippen LogP contribution in [0.4, 0.5) is 0 Å². The van der Waals surface area contributed by atoms with E-state index in [4.69, 9.17) is 15.5 Å². The Morgan fingerprint density at radius 3 is 2.46 bits per heavy atom. The second kappa shape index (κ2) is 10.2. The number of nitrogens with one attached hydrogen (secondary N) is 4. The van der Waals surface area contributed by atoms with Gasteiger partial charge in [-0.2, -0.15) is 0 Å². The van der Waals surface area contributed by atoms with Crippen LogP contribution >= 0.6 is 0 Å². The van der Waals surface area contributed by atoms with Gasteiger partial charge in [-0.05, 0) is 31.1 Å². The number of amides is 2. The quantitative estimate of drug-likeness (QED) is 0.365. The second-order valence-corrected chi connectivity index (χ2v) is 7.74. The van der Waals surface area contributed by atoms with Gasteiger partial charge in [0.05, 0.1) is 0 Å². The fourth-order valence-corrected chi connectivity index (χ4v) is 3.33. The average molecular weight is 384 g/mol. The van der Waals surface area contributed by atoms with Crippen molar-refractivity contribution in [3.8, 4) is 0 Å². The standard InChI is InChI=1S/C20H29BN4O3/c1-13(2)9-18(21-11-14(3)28-21)25-20(27)17(24-19(26)16(23)12-22)10-15-7-5-4-6-8-15/h4-8,12-14,17-18,22-23H,9-11H2,1-3H3,(H,24,26)(H,25,27)/t14?,17-,18-/m0/s1. The zero-order chi connectivity index (χ0) is 20.7. The Hall–Kier alpha value is -2.48. The van der Waals surface area contributed by atoms with E-state index in [1.54, 1.807) is 0 Å². The van der Waals surface area contributed by atoms with Gasteiger partial charge in [0, 0.05) is 24.7 Å². The molecule has 1 fully saturated rings. The van der Waals surface area contributed by atoms with Crippen molar-refractivity contribution in [2.45, 2.75) is 58.0 Å². The van der Waals surface area contributed by atoms with Crippen LogP contribution in [0.2, 0.25) is 6.32 Å². The van der Waals surface area contributed by atoms with Crippen molar-refractivity contribution >= 4 is 30.7 Å². The van der Waals surface area contributed by atoms with Crippen molar-refractivity contribution in [3.05, 3.63) is 35.9 Å². The molecule has 1 saturated heterocycles. The fourth-order valence-electron chi connectivity index (χ4n) is 3.33. The van der Waals surface area contributed by atoms with Gasteiger partial charge in [0.2, 0.25) is 5.91 Å². The van der Waals surface area contributed by atoms with Gasteiger partial charge in [0.1, 0.15) is 11.8 Å². The topological polar surface area (TPSA) is 115 Å². The summed E-state index contributed by atoms with van der Waals surface area (Å²) in [5, 5.41) is 20.2. The van der Waals surface area contributed by atoms with Crippen LogP contribution in [0.15, 0.2) is 30.3 Å². The number of rotatable bonds is 10. The lowest BCUT2D eigenvalue weighted by Crippen LogP contribution is -2.59. The minimum absolute atomic E-state index is 0.0192. The first-order chi connectivity index (χ1) is 13.3. The van der Waals surface area contributed by atoms with E-state index in [0.717, 1.165) is 18.3 Å². The summed E-state index contributed by atoms with van der Waals surface area (Å²) in [7, 11) is 0. The molecule has 7 nitrogen and oxygen atoms in total. The highest BCUT2D eigenvalue weighted by atomic mass is 16.5. The molecule has 2 rings (SSSR count). The molecule has 0 aliphatic carbocycles. The molecular formula is C20H29BN4O3. The summed E-state index contributed by atoms with van der Waals surface area (Å²) in [6.07, 6.45) is 2.85. The van der Waals surface area contributed by atoms with Gasteiger partial charge < -0.3 is 20.7 Å². The number of carbonyl (C=O) groups is 2. The zero-order valence-corrected chi connectivity index (χ0v) is 16.7. The van der Waals surface area contributed by atoms with E-state index < -0.39 is 17.7 Å². The molecular weight excluding hydrogens is 355 g/mol. The van der Waals surface area contributed by atoms with Crippen molar-refractivity contribution < 1.29 is 14.2 Å². The molecule has 0 spiro atoms. The maximum Gasteiger partial charge on any atom is 0.318 e. The molecule has 0 bridgehead atoms. The molecule has 0 aromatic heterocycles. The van der Waals surface area contributed by atoms with Crippen molar-refractivity contribution in [1.29, 1.82) is 10.8 Å². The molecule has 8 heteroatoms. The van der Waals surface area contributed by atoms with E-state index in [0.29, 0.717) is 18.6 Å². The molecule has 1 aliphatic rings. The van der Waals surface area contributed by atoms with E-state index in [1.165, 1.54) is 0 Å². The van der Waals surface area contributed by atoms with Gasteiger partial charge in [-0.3, -0.25) is 15.0 Å². The minimum Gasteiger partial charge on any atom is -0.432 e. The lowest BCUT2D eigenvalue weighted by molar-refractivity contribution is -0.126. The first-order valence-electron chi connectivity index (χ1n) is 9.69. The summed E-state index contributed by atoms with van der Waals surface area (Å²) in [4.78, 5) is 25.1. The number of hydrogen-bond acceptors (Lipinski definition) is 5. The fraction of sp³-hybridized carbons (Fsp3) is 0.500. The average Bonchev–Trinajstić information content (AvgIpc) is 2.64. The molecule has 0 saturated carbocycles. The summed E-state index contributed by atoms with van der Waals surface area (Å²) in [6, 6.07) is 8.57. The molecule has 1 heterocycles. The lowest BCUT2D eigenvalue weighted by atomic mass is 9.50. The smallest absolute Gasteiger partial charge is 0.318 e. The maximum absolute atomic E-state index is 13.0. The predicted octanol–water partition coefficient (Wildman–Crippen LogP) is 1.86. The van der Waals surface area contributed by atoms with Crippen LogP contribution in [0.1, 0.15) is 32.8 Å². The van der Waals surface area contributed by atoms with E-state index in [1.807, 2.05) is 37.3 Å². The molecule has 1 unspecified atom stereocenters. The van der Waals surface area contributed by atoms with Crippen LogP contribution in [0.25, 0.3) is 0 Å². The summed E-state index contributed by atoms with van der Waals surface area (Å²) in [6.45, 7) is 6.17. The van der Waals surface area contributed by atoms with Crippen LogP contribution in [0.5, 0.6) is 0 Å². The summed E-state index contributed by atoms with van der Waals surface area (Å²) in [5.74, 6) is -0.775. The van der Waals surface area contributed by atoms with Gasteiger partial charge in [-0.15, -0.1) is 0 Å². The SMILES string of the molecule is CC(C)C[C@H](NC(=O)[C@H](Cc1ccccc1)NC(=O)C(=N)C=N)B1CC(C)O1. The summed E-state index contributed by atoms with van der Waals surface area (Å²) in [5.41, 5.74) is 0.416. The third-order valence-corrected chi connectivity index (χ3v) is 4.77. The largest absolute Gasteiger partial charge is 0.432 e. The zero-order valence-electron chi connectivity index (χ0n) is 16.7. The van der Waals surface area contributed by atoms with Gasteiger partial charge in [-0.25, -0.2) is 0 Å². The van der Waals surface area contributed by atoms with Gasteiger partial charge in [0.15, 0.2) is 0 Å². The Labute approximate surface area is 166 Å². The van der Waals surface area contributed by atoms with Gasteiger partial charge in [-0.1, -0.05) is 44.2 Å². The molecule has 28 heavy (non-hydrogen) atoms. The van der Waals surface area contributed by atoms with Crippen LogP contribution in [-0.4, -0.2) is 48.7 Å². The third kappa shape index (κ3) is 6.30. The van der Waals surface area contributed by atoms with Gasteiger partial charge in [0.25, 0.3) is 5.91 Å². The maximum atomic E-state index is 13.0. The minimum atomic E-state index is -0.831. The van der Waals surface area contributed by atoms with Crippen molar-refractivity contribution in [2.24, 2.45) is 5.92 Å². The monoisotopic (exact) mass is 384 g/mol. The molecule has 0 radical (unpaired) electrons. The third-order valence-electron chi connectivity index (χ3n) is 4.77. The molecule has 2 amide bonds. The summed E-state index contributed by atoms with van der Waals surface area (Å²) < 4.78 is 5.77. The molecule has 3 atom stereocenters. The van der Waals surface area contributed by atoms with Crippen LogP contribution in [0.3, 0.4) is 0 Å². The van der Waals surface area contributed by atoms with Crippen molar-refractivity contribution in [2.75, 3.05) is 0 Å². The predicted molar refractivity (Wildman–Crippen MR) is 111 cm³/mol. The molecule has 1 aromatic carbocycles. The highest BCUT2D eigenvalue weighted by Crippen LogP contribution is 2.24. The summed E-state index contributed by atoms with van der Waals surface area (Å²) >= 11 is 0. The highest BCUT2D eigenvalue weighted by Gasteiger charge is 2.40. The van der Waals surface area contributed by atoms with E-state index >= 15 is 0 Å². The first-order valence-corrected chi connectivity index (χ1v) is 9.69. The lowest BCUT2D eigenvalue weighted by Gasteiger charge is -2.38. The Balaban J connectivity index is 2.12. The Morgan fingerprint density at radius 2 is 1.93 bits per heavy atom. The Morgan fingerprint density at radius 1 is 1.29 bits per heavy atom. The number of carbonyl (C=O) groups excluding carboxylic acids is 2. The van der Waals surface area contributed by atoms with Crippen molar-refractivity contribution in [1.82, 2.24) is 10.6 Å². The van der Waals surface area contributed by atoms with E-state index in [-0.39, 0.29) is 24.9 Å². The highest BCUT2D eigenvalue weighted by molar-refractivity contribution is 6.59. The first kappa shape index (κ1) is 21.8.